The van der Waals surface area contributed by atoms with Gasteiger partial charge in [0.1, 0.15) is 0 Å². The monoisotopic (exact) mass is 287 g/mol. The Morgan fingerprint density at radius 1 is 1.19 bits per heavy atom. The van der Waals surface area contributed by atoms with Crippen LogP contribution in [0.2, 0.25) is 0 Å². The Labute approximate surface area is 120 Å². The van der Waals surface area contributed by atoms with Gasteiger partial charge in [0, 0.05) is 43.0 Å². The minimum atomic E-state index is -0.524. The van der Waals surface area contributed by atoms with Crippen molar-refractivity contribution in [2.24, 2.45) is 0 Å². The maximum absolute atomic E-state index is 11.8. The second-order valence-electron chi connectivity index (χ2n) is 4.29. The maximum atomic E-state index is 11.8. The minimum Gasteiger partial charge on any atom is -0.350 e. The normalized spacial score (nSPS) is 10.1. The third kappa shape index (κ3) is 3.75. The molecular weight excluding hydrogens is 274 g/mol. The molecule has 0 radical (unpaired) electrons. The van der Waals surface area contributed by atoms with Gasteiger partial charge in [-0.1, -0.05) is 6.07 Å². The van der Waals surface area contributed by atoms with Crippen LogP contribution in [-0.2, 0) is 6.54 Å². The number of carbonyl (C=O) groups is 1. The molecule has 0 unspecified atom stereocenters. The Kier molecular flexibility index (Phi) is 4.45. The number of nitro groups is 1. The quantitative estimate of drug-likeness (QED) is 0.660. The maximum Gasteiger partial charge on any atom is 0.269 e. The second-order valence-corrected chi connectivity index (χ2v) is 4.29. The summed E-state index contributed by atoms with van der Waals surface area (Å²) < 4.78 is 1.48. The molecule has 21 heavy (non-hydrogen) atoms. The predicted octanol–water partition coefficient (Wildman–Crippen LogP) is 1.19. The average Bonchev–Trinajstić information content (AvgIpc) is 2.49. The van der Waals surface area contributed by atoms with Gasteiger partial charge in [-0.15, -0.1) is 0 Å². The standard InChI is InChI=1S/C14H13N3O4/c18-13-3-1-2-9-16(13)10-8-15-14(19)11-4-6-12(7-5-11)17(20)21/h1-7,9H,8,10H2,(H,15,19). The fourth-order valence-corrected chi connectivity index (χ4v) is 1.77. The molecule has 0 saturated carbocycles. The second kappa shape index (κ2) is 6.47. The lowest BCUT2D eigenvalue weighted by Crippen LogP contribution is -2.30. The van der Waals surface area contributed by atoms with Gasteiger partial charge in [-0.3, -0.25) is 19.7 Å². The van der Waals surface area contributed by atoms with Crippen LogP contribution in [0.1, 0.15) is 10.4 Å². The highest BCUT2D eigenvalue weighted by molar-refractivity contribution is 5.94. The van der Waals surface area contributed by atoms with Gasteiger partial charge in [-0.25, -0.2) is 0 Å². The summed E-state index contributed by atoms with van der Waals surface area (Å²) in [6.07, 6.45) is 1.64. The fourth-order valence-electron chi connectivity index (χ4n) is 1.77. The number of amides is 1. The lowest BCUT2D eigenvalue weighted by atomic mass is 10.2. The van der Waals surface area contributed by atoms with Gasteiger partial charge in [0.05, 0.1) is 4.92 Å². The summed E-state index contributed by atoms with van der Waals surface area (Å²) in [7, 11) is 0. The van der Waals surface area contributed by atoms with E-state index in [0.717, 1.165) is 0 Å². The molecule has 0 aliphatic heterocycles. The largest absolute Gasteiger partial charge is 0.350 e. The van der Waals surface area contributed by atoms with Crippen LogP contribution in [0.25, 0.3) is 0 Å². The molecule has 0 spiro atoms. The van der Waals surface area contributed by atoms with E-state index in [9.17, 15) is 19.7 Å². The Balaban J connectivity index is 1.91. The third-order valence-electron chi connectivity index (χ3n) is 2.88. The number of nitro benzene ring substituents is 1. The van der Waals surface area contributed by atoms with E-state index in [1.165, 1.54) is 34.9 Å². The summed E-state index contributed by atoms with van der Waals surface area (Å²) in [6.45, 7) is 0.651. The van der Waals surface area contributed by atoms with Crippen molar-refractivity contribution in [1.29, 1.82) is 0 Å². The van der Waals surface area contributed by atoms with E-state index in [4.69, 9.17) is 0 Å². The van der Waals surface area contributed by atoms with Crippen LogP contribution in [0, 0.1) is 10.1 Å². The summed E-state index contributed by atoms with van der Waals surface area (Å²) in [4.78, 5) is 33.3. The zero-order valence-electron chi connectivity index (χ0n) is 11.1. The highest BCUT2D eigenvalue weighted by Gasteiger charge is 2.08. The molecule has 0 fully saturated rings. The van der Waals surface area contributed by atoms with Gasteiger partial charge in [-0.05, 0) is 18.2 Å². The number of non-ortho nitro benzene ring substituents is 1. The van der Waals surface area contributed by atoms with E-state index < -0.39 is 4.92 Å². The molecule has 0 atom stereocenters. The lowest BCUT2D eigenvalue weighted by Gasteiger charge is -2.07. The van der Waals surface area contributed by atoms with Gasteiger partial charge in [0.25, 0.3) is 17.2 Å². The van der Waals surface area contributed by atoms with Gasteiger partial charge >= 0.3 is 0 Å². The Bertz CT molecular complexity index is 707. The lowest BCUT2D eigenvalue weighted by molar-refractivity contribution is -0.384. The zero-order valence-corrected chi connectivity index (χ0v) is 11.1. The number of hydrogen-bond acceptors (Lipinski definition) is 4. The van der Waals surface area contributed by atoms with Crippen molar-refractivity contribution in [3.63, 3.8) is 0 Å². The van der Waals surface area contributed by atoms with E-state index in [-0.39, 0.29) is 17.2 Å². The molecule has 1 aromatic heterocycles. The number of carbonyl (C=O) groups excluding carboxylic acids is 1. The first-order valence-electron chi connectivity index (χ1n) is 6.26. The molecule has 0 aliphatic carbocycles. The first kappa shape index (κ1) is 14.4. The van der Waals surface area contributed by atoms with E-state index in [1.807, 2.05) is 0 Å². The fraction of sp³-hybridized carbons (Fsp3) is 0.143. The zero-order chi connectivity index (χ0) is 15.2. The third-order valence-corrected chi connectivity index (χ3v) is 2.88. The Morgan fingerprint density at radius 3 is 2.52 bits per heavy atom. The molecule has 1 N–H and O–H groups in total. The van der Waals surface area contributed by atoms with Gasteiger partial charge in [0.2, 0.25) is 0 Å². The topological polar surface area (TPSA) is 94.2 Å². The van der Waals surface area contributed by atoms with Gasteiger partial charge < -0.3 is 9.88 Å². The van der Waals surface area contributed by atoms with Crippen LogP contribution in [0.3, 0.4) is 0 Å². The molecule has 0 bridgehead atoms. The smallest absolute Gasteiger partial charge is 0.269 e. The Hall–Kier alpha value is -2.96. The van der Waals surface area contributed by atoms with E-state index in [1.54, 1.807) is 18.3 Å². The van der Waals surface area contributed by atoms with Crippen LogP contribution in [0.15, 0.2) is 53.5 Å². The summed E-state index contributed by atoms with van der Waals surface area (Å²) in [5.74, 6) is -0.339. The summed E-state index contributed by atoms with van der Waals surface area (Å²) in [6, 6.07) is 10.2. The van der Waals surface area contributed by atoms with Gasteiger partial charge in [-0.2, -0.15) is 0 Å². The number of nitrogens with one attached hydrogen (secondary N) is 1. The Morgan fingerprint density at radius 2 is 1.90 bits per heavy atom. The molecular formula is C14H13N3O4. The molecule has 2 aromatic rings. The average molecular weight is 287 g/mol. The number of rotatable bonds is 5. The summed E-state index contributed by atoms with van der Waals surface area (Å²) >= 11 is 0. The van der Waals surface area contributed by atoms with Crippen molar-refractivity contribution in [2.45, 2.75) is 6.54 Å². The van der Waals surface area contributed by atoms with Crippen LogP contribution in [0.5, 0.6) is 0 Å². The molecule has 1 heterocycles. The first-order valence-corrected chi connectivity index (χ1v) is 6.26. The van der Waals surface area contributed by atoms with Crippen molar-refractivity contribution in [2.75, 3.05) is 6.54 Å². The first-order chi connectivity index (χ1) is 10.1. The molecule has 108 valence electrons. The van der Waals surface area contributed by atoms with E-state index >= 15 is 0 Å². The minimum absolute atomic E-state index is 0.0672. The van der Waals surface area contributed by atoms with Gasteiger partial charge in [0.15, 0.2) is 0 Å². The molecule has 2 rings (SSSR count). The summed E-state index contributed by atoms with van der Waals surface area (Å²) in [5, 5.41) is 13.2. The SMILES string of the molecule is O=C(NCCn1ccccc1=O)c1ccc([N+](=O)[O-])cc1. The molecule has 0 saturated heterocycles. The van der Waals surface area contributed by atoms with Crippen LogP contribution in [0.4, 0.5) is 5.69 Å². The van der Waals surface area contributed by atoms with Crippen LogP contribution < -0.4 is 10.9 Å². The molecule has 0 aliphatic rings. The molecule has 1 aromatic carbocycles. The molecule has 1 amide bonds. The summed E-state index contributed by atoms with van der Waals surface area (Å²) in [5.41, 5.74) is 0.130. The number of hydrogen-bond donors (Lipinski definition) is 1. The van der Waals surface area contributed by atoms with Crippen LogP contribution >= 0.6 is 0 Å². The van der Waals surface area contributed by atoms with E-state index in [0.29, 0.717) is 18.7 Å². The van der Waals surface area contributed by atoms with E-state index in [2.05, 4.69) is 5.32 Å². The molecule has 7 nitrogen and oxygen atoms in total. The number of pyridine rings is 1. The van der Waals surface area contributed by atoms with Crippen molar-refractivity contribution in [1.82, 2.24) is 9.88 Å². The number of aromatic nitrogens is 1. The predicted molar refractivity (Wildman–Crippen MR) is 76.1 cm³/mol. The number of nitrogens with zero attached hydrogens (tertiary/aromatic N) is 2. The van der Waals surface area contributed by atoms with Crippen molar-refractivity contribution >= 4 is 11.6 Å². The molecule has 7 heteroatoms. The highest BCUT2D eigenvalue weighted by Crippen LogP contribution is 2.11. The van der Waals surface area contributed by atoms with Crippen molar-refractivity contribution in [3.8, 4) is 0 Å². The highest BCUT2D eigenvalue weighted by atomic mass is 16.6. The van der Waals surface area contributed by atoms with Crippen molar-refractivity contribution < 1.29 is 9.72 Å². The van der Waals surface area contributed by atoms with Crippen LogP contribution in [-0.4, -0.2) is 21.9 Å². The van der Waals surface area contributed by atoms with Crippen molar-refractivity contribution in [3.05, 3.63) is 74.7 Å². The number of benzene rings is 1.